The first-order valence-electron chi connectivity index (χ1n) is 5.67. The Morgan fingerprint density at radius 3 is 2.72 bits per heavy atom. The van der Waals surface area contributed by atoms with Crippen molar-refractivity contribution < 1.29 is 4.74 Å². The number of methoxy groups -OCH3 is 1. The van der Waals surface area contributed by atoms with Gasteiger partial charge in [-0.05, 0) is 6.07 Å². The Bertz CT molecular complexity index is 516. The van der Waals surface area contributed by atoms with Crippen molar-refractivity contribution in [2.45, 2.75) is 6.61 Å². The molecule has 0 fully saturated rings. The molecular formula is C13H16N4O. The van der Waals surface area contributed by atoms with Crippen molar-refractivity contribution in [3.63, 3.8) is 0 Å². The molecular weight excluding hydrogens is 228 g/mol. The molecule has 0 aliphatic heterocycles. The average molecular weight is 244 g/mol. The largest absolute Gasteiger partial charge is 0.380 e. The molecule has 0 saturated heterocycles. The Labute approximate surface area is 106 Å². The van der Waals surface area contributed by atoms with Gasteiger partial charge in [-0.25, -0.2) is 9.97 Å². The quantitative estimate of drug-likeness (QED) is 0.845. The predicted molar refractivity (Wildman–Crippen MR) is 72.0 cm³/mol. The third-order valence-corrected chi connectivity index (χ3v) is 2.50. The van der Waals surface area contributed by atoms with Gasteiger partial charge in [0.2, 0.25) is 0 Å². The normalized spacial score (nSPS) is 10.1. The zero-order chi connectivity index (χ0) is 12.8. The van der Waals surface area contributed by atoms with Gasteiger partial charge in [-0.1, -0.05) is 18.2 Å². The van der Waals surface area contributed by atoms with E-state index in [2.05, 4.69) is 20.6 Å². The molecule has 5 nitrogen and oxygen atoms in total. The van der Waals surface area contributed by atoms with Crippen LogP contribution in [-0.4, -0.2) is 24.1 Å². The molecule has 18 heavy (non-hydrogen) atoms. The van der Waals surface area contributed by atoms with Gasteiger partial charge in [-0.2, -0.15) is 0 Å². The van der Waals surface area contributed by atoms with Gasteiger partial charge in [0.05, 0.1) is 6.61 Å². The van der Waals surface area contributed by atoms with Crippen LogP contribution in [-0.2, 0) is 11.3 Å². The van der Waals surface area contributed by atoms with Crippen LogP contribution >= 0.6 is 0 Å². The highest BCUT2D eigenvalue weighted by Gasteiger charge is 2.03. The van der Waals surface area contributed by atoms with Gasteiger partial charge in [-0.3, -0.25) is 0 Å². The van der Waals surface area contributed by atoms with Gasteiger partial charge in [0.25, 0.3) is 0 Å². The molecule has 0 amide bonds. The van der Waals surface area contributed by atoms with Crippen LogP contribution in [0.4, 0.5) is 17.3 Å². The molecule has 2 rings (SSSR count). The highest BCUT2D eigenvalue weighted by atomic mass is 16.5. The number of ether oxygens (including phenoxy) is 1. The summed E-state index contributed by atoms with van der Waals surface area (Å²) < 4.78 is 5.17. The molecule has 0 spiro atoms. The molecule has 0 atom stereocenters. The first-order chi connectivity index (χ1) is 8.83. The Kier molecular flexibility index (Phi) is 4.09. The van der Waals surface area contributed by atoms with E-state index < -0.39 is 0 Å². The summed E-state index contributed by atoms with van der Waals surface area (Å²) in [6.07, 6.45) is 1.52. The number of aromatic nitrogens is 2. The van der Waals surface area contributed by atoms with Crippen LogP contribution in [0.3, 0.4) is 0 Å². The number of hydrogen-bond donors (Lipinski definition) is 2. The van der Waals surface area contributed by atoms with Crippen molar-refractivity contribution in [2.24, 2.45) is 0 Å². The molecule has 0 saturated carbocycles. The number of anilines is 3. The Morgan fingerprint density at radius 2 is 1.94 bits per heavy atom. The maximum Gasteiger partial charge on any atom is 0.135 e. The van der Waals surface area contributed by atoms with Crippen LogP contribution in [0.25, 0.3) is 0 Å². The molecule has 94 valence electrons. The van der Waals surface area contributed by atoms with Crippen molar-refractivity contribution >= 4 is 17.3 Å². The fourth-order valence-electron chi connectivity index (χ4n) is 1.62. The first kappa shape index (κ1) is 12.3. The van der Waals surface area contributed by atoms with E-state index in [4.69, 9.17) is 4.74 Å². The van der Waals surface area contributed by atoms with Crippen molar-refractivity contribution in [3.05, 3.63) is 42.2 Å². The average Bonchev–Trinajstić information content (AvgIpc) is 2.41. The minimum Gasteiger partial charge on any atom is -0.380 e. The lowest BCUT2D eigenvalue weighted by molar-refractivity contribution is 0.185. The summed E-state index contributed by atoms with van der Waals surface area (Å²) in [6.45, 7) is 0.563. The SMILES string of the molecule is CNc1cc(Nc2ccccc2COC)ncn1. The second kappa shape index (κ2) is 5.97. The lowest BCUT2D eigenvalue weighted by Gasteiger charge is -2.11. The molecule has 2 aromatic rings. The van der Waals surface area contributed by atoms with E-state index in [0.29, 0.717) is 6.61 Å². The number of benzene rings is 1. The van der Waals surface area contributed by atoms with E-state index in [1.807, 2.05) is 37.4 Å². The molecule has 0 aliphatic carbocycles. The van der Waals surface area contributed by atoms with Crippen molar-refractivity contribution in [1.29, 1.82) is 0 Å². The zero-order valence-corrected chi connectivity index (χ0v) is 10.5. The Balaban J connectivity index is 2.22. The van der Waals surface area contributed by atoms with Gasteiger partial charge in [0, 0.05) is 31.5 Å². The van der Waals surface area contributed by atoms with Crippen LogP contribution in [0.2, 0.25) is 0 Å². The Morgan fingerprint density at radius 1 is 1.17 bits per heavy atom. The molecule has 5 heteroatoms. The molecule has 1 heterocycles. The van der Waals surface area contributed by atoms with Gasteiger partial charge in [0.15, 0.2) is 0 Å². The van der Waals surface area contributed by atoms with Crippen LogP contribution < -0.4 is 10.6 Å². The first-order valence-corrected chi connectivity index (χ1v) is 5.67. The second-order valence-corrected chi connectivity index (χ2v) is 3.75. The highest BCUT2D eigenvalue weighted by molar-refractivity contribution is 5.62. The summed E-state index contributed by atoms with van der Waals surface area (Å²) in [5.74, 6) is 1.52. The van der Waals surface area contributed by atoms with E-state index in [9.17, 15) is 0 Å². The summed E-state index contributed by atoms with van der Waals surface area (Å²) in [7, 11) is 3.51. The van der Waals surface area contributed by atoms with Crippen molar-refractivity contribution in [1.82, 2.24) is 9.97 Å². The minimum atomic E-state index is 0.563. The summed E-state index contributed by atoms with van der Waals surface area (Å²) in [4.78, 5) is 8.25. The van der Waals surface area contributed by atoms with Gasteiger partial charge < -0.3 is 15.4 Å². The standard InChI is InChI=1S/C13H16N4O/c1-14-12-7-13(16-9-15-12)17-11-6-4-3-5-10(11)8-18-2/h3-7,9H,8H2,1-2H3,(H2,14,15,16,17). The molecule has 0 aliphatic rings. The maximum absolute atomic E-state index is 5.17. The van der Waals surface area contributed by atoms with Crippen LogP contribution in [0.15, 0.2) is 36.7 Å². The summed E-state index contributed by atoms with van der Waals surface area (Å²) in [6, 6.07) is 9.82. The van der Waals surface area contributed by atoms with Crippen LogP contribution in [0, 0.1) is 0 Å². The third kappa shape index (κ3) is 2.95. The van der Waals surface area contributed by atoms with Gasteiger partial charge >= 0.3 is 0 Å². The summed E-state index contributed by atoms with van der Waals surface area (Å²) >= 11 is 0. The number of nitrogens with one attached hydrogen (secondary N) is 2. The zero-order valence-electron chi connectivity index (χ0n) is 10.5. The molecule has 1 aromatic carbocycles. The number of para-hydroxylation sites is 1. The molecule has 1 aromatic heterocycles. The smallest absolute Gasteiger partial charge is 0.135 e. The van der Waals surface area contributed by atoms with E-state index in [1.165, 1.54) is 6.33 Å². The number of hydrogen-bond acceptors (Lipinski definition) is 5. The van der Waals surface area contributed by atoms with Crippen molar-refractivity contribution in [3.8, 4) is 0 Å². The predicted octanol–water partition coefficient (Wildman–Crippen LogP) is 2.41. The summed E-state index contributed by atoms with van der Waals surface area (Å²) in [5, 5.41) is 6.24. The maximum atomic E-state index is 5.17. The lowest BCUT2D eigenvalue weighted by atomic mass is 10.2. The van der Waals surface area contributed by atoms with Crippen LogP contribution in [0.1, 0.15) is 5.56 Å². The molecule has 0 bridgehead atoms. The van der Waals surface area contributed by atoms with E-state index in [-0.39, 0.29) is 0 Å². The van der Waals surface area contributed by atoms with E-state index in [0.717, 1.165) is 22.9 Å². The second-order valence-electron chi connectivity index (χ2n) is 3.75. The highest BCUT2D eigenvalue weighted by Crippen LogP contribution is 2.20. The lowest BCUT2D eigenvalue weighted by Crippen LogP contribution is -2.00. The topological polar surface area (TPSA) is 59.1 Å². The van der Waals surface area contributed by atoms with Crippen molar-refractivity contribution in [2.75, 3.05) is 24.8 Å². The fraction of sp³-hybridized carbons (Fsp3) is 0.231. The third-order valence-electron chi connectivity index (χ3n) is 2.50. The fourth-order valence-corrected chi connectivity index (χ4v) is 1.62. The number of rotatable bonds is 5. The molecule has 2 N–H and O–H groups in total. The van der Waals surface area contributed by atoms with Gasteiger partial charge in [0.1, 0.15) is 18.0 Å². The van der Waals surface area contributed by atoms with Crippen LogP contribution in [0.5, 0.6) is 0 Å². The summed E-state index contributed by atoms with van der Waals surface area (Å²) in [5.41, 5.74) is 2.07. The Hall–Kier alpha value is -2.14. The monoisotopic (exact) mass is 244 g/mol. The van der Waals surface area contributed by atoms with E-state index >= 15 is 0 Å². The number of nitrogens with zero attached hydrogens (tertiary/aromatic N) is 2. The van der Waals surface area contributed by atoms with E-state index in [1.54, 1.807) is 7.11 Å². The minimum absolute atomic E-state index is 0.563. The van der Waals surface area contributed by atoms with Gasteiger partial charge in [-0.15, -0.1) is 0 Å². The molecule has 0 unspecified atom stereocenters. The molecule has 0 radical (unpaired) electrons.